The van der Waals surface area contributed by atoms with Gasteiger partial charge in [-0.05, 0) is 42.1 Å². The number of hydrogen-bond donors (Lipinski definition) is 1. The Morgan fingerprint density at radius 2 is 2.06 bits per heavy atom. The van der Waals surface area contributed by atoms with Gasteiger partial charge in [-0.25, -0.2) is 0 Å². The van der Waals surface area contributed by atoms with Crippen molar-refractivity contribution in [2.45, 2.75) is 45.1 Å². The maximum absolute atomic E-state index is 12.0. The van der Waals surface area contributed by atoms with Crippen molar-refractivity contribution in [3.8, 4) is 0 Å². The number of hydrogen-bond acceptors (Lipinski definition) is 3. The zero-order chi connectivity index (χ0) is 13.1. The third kappa shape index (κ3) is 1.60. The molecule has 3 nitrogen and oxygen atoms in total. The third-order valence-corrected chi connectivity index (χ3v) is 5.03. The van der Waals surface area contributed by atoms with Crippen LogP contribution in [0.5, 0.6) is 0 Å². The zero-order valence-electron chi connectivity index (χ0n) is 11.5. The second kappa shape index (κ2) is 3.67. The molecule has 3 aliphatic rings. The topological polar surface area (TPSA) is 46.5 Å². The first-order valence-electron chi connectivity index (χ1n) is 6.84. The summed E-state index contributed by atoms with van der Waals surface area (Å²) in [6, 6.07) is 0. The number of fused-ring (bicyclic) bond motifs is 3. The molecule has 0 unspecified atom stereocenters. The van der Waals surface area contributed by atoms with Crippen LogP contribution >= 0.6 is 0 Å². The van der Waals surface area contributed by atoms with E-state index in [2.05, 4.69) is 13.8 Å². The molecule has 100 valence electrons. The van der Waals surface area contributed by atoms with Crippen molar-refractivity contribution in [1.82, 2.24) is 0 Å². The van der Waals surface area contributed by atoms with E-state index in [1.54, 1.807) is 7.11 Å². The molecule has 0 radical (unpaired) electrons. The first-order chi connectivity index (χ1) is 8.36. The number of carbonyl (C=O) groups is 1. The summed E-state index contributed by atoms with van der Waals surface area (Å²) in [5.41, 5.74) is 1.31. The lowest BCUT2D eigenvalue weighted by Gasteiger charge is -2.25. The Kier molecular flexibility index (Phi) is 2.52. The predicted octanol–water partition coefficient (Wildman–Crippen LogP) is 2.09. The van der Waals surface area contributed by atoms with Gasteiger partial charge in [-0.15, -0.1) is 0 Å². The van der Waals surface area contributed by atoms with Gasteiger partial charge < -0.3 is 9.84 Å². The van der Waals surface area contributed by atoms with Gasteiger partial charge >= 0.3 is 0 Å². The molecule has 18 heavy (non-hydrogen) atoms. The van der Waals surface area contributed by atoms with Crippen molar-refractivity contribution in [2.24, 2.45) is 17.3 Å². The molecule has 0 aromatic heterocycles. The molecule has 0 aromatic carbocycles. The number of rotatable bonds is 2. The predicted molar refractivity (Wildman–Crippen MR) is 68.1 cm³/mol. The third-order valence-electron chi connectivity index (χ3n) is 5.03. The Morgan fingerprint density at radius 1 is 1.33 bits per heavy atom. The van der Waals surface area contributed by atoms with Gasteiger partial charge in [-0.2, -0.15) is 0 Å². The fourth-order valence-corrected chi connectivity index (χ4v) is 4.64. The first-order valence-corrected chi connectivity index (χ1v) is 6.84. The van der Waals surface area contributed by atoms with Crippen LogP contribution in [0.1, 0.15) is 39.5 Å². The van der Waals surface area contributed by atoms with Gasteiger partial charge in [0.05, 0.1) is 12.2 Å². The van der Waals surface area contributed by atoms with Gasteiger partial charge in [0, 0.05) is 19.1 Å². The number of carbonyl (C=O) groups excluding carboxylic acids is 1. The summed E-state index contributed by atoms with van der Waals surface area (Å²) in [4.78, 5) is 12.0. The van der Waals surface area contributed by atoms with E-state index in [9.17, 15) is 9.90 Å². The molecule has 3 atom stereocenters. The summed E-state index contributed by atoms with van der Waals surface area (Å²) in [5.74, 6) is 1.05. The highest BCUT2D eigenvalue weighted by Gasteiger charge is 2.58. The maximum atomic E-state index is 12.0. The van der Waals surface area contributed by atoms with Crippen LogP contribution < -0.4 is 0 Å². The molecule has 3 aliphatic carbocycles. The van der Waals surface area contributed by atoms with Crippen LogP contribution in [0.4, 0.5) is 0 Å². The number of Topliss-reactive ketones (excluding diaryl/α,β-unsaturated/α-hetero) is 1. The van der Waals surface area contributed by atoms with Crippen LogP contribution in [-0.2, 0) is 9.53 Å². The minimum atomic E-state index is -0.837. The van der Waals surface area contributed by atoms with Gasteiger partial charge in [0.25, 0.3) is 0 Å². The molecule has 0 heterocycles. The van der Waals surface area contributed by atoms with E-state index in [4.69, 9.17) is 4.74 Å². The highest BCUT2D eigenvalue weighted by molar-refractivity contribution is 6.01. The van der Waals surface area contributed by atoms with E-state index in [-0.39, 0.29) is 12.2 Å². The van der Waals surface area contributed by atoms with Crippen molar-refractivity contribution >= 4 is 5.78 Å². The number of aliphatic hydroxyl groups is 1. The quantitative estimate of drug-likeness (QED) is 0.816. The molecule has 0 bridgehead atoms. The average molecular weight is 250 g/mol. The highest BCUT2D eigenvalue weighted by Crippen LogP contribution is 2.61. The summed E-state index contributed by atoms with van der Waals surface area (Å²) in [5, 5.41) is 10.7. The van der Waals surface area contributed by atoms with Crippen molar-refractivity contribution in [1.29, 1.82) is 0 Å². The molecule has 1 N–H and O–H groups in total. The summed E-state index contributed by atoms with van der Waals surface area (Å²) in [6.07, 6.45) is 3.32. The summed E-state index contributed by atoms with van der Waals surface area (Å²) in [6.45, 7) is 4.94. The van der Waals surface area contributed by atoms with E-state index in [0.29, 0.717) is 23.9 Å². The fraction of sp³-hybridized carbons (Fsp3) is 0.800. The van der Waals surface area contributed by atoms with Crippen molar-refractivity contribution in [3.63, 3.8) is 0 Å². The molecule has 3 heteroatoms. The normalized spacial score (nSPS) is 41.4. The molecule has 0 saturated heterocycles. The van der Waals surface area contributed by atoms with Crippen molar-refractivity contribution in [2.75, 3.05) is 13.7 Å². The second-order valence-electron chi connectivity index (χ2n) is 7.10. The van der Waals surface area contributed by atoms with Gasteiger partial charge in [0.15, 0.2) is 5.78 Å². The SMILES string of the molecule is COCC1=C2[C@@H]3CC(C)(C)C[C@@H]3C[C@@]2(O)CC1=O. The Balaban J connectivity index is 2.01. The minimum absolute atomic E-state index is 0.0949. The van der Waals surface area contributed by atoms with Gasteiger partial charge in [-0.3, -0.25) is 4.79 Å². The molecule has 2 fully saturated rings. The van der Waals surface area contributed by atoms with Crippen LogP contribution in [0, 0.1) is 17.3 Å². The Labute approximate surface area is 108 Å². The minimum Gasteiger partial charge on any atom is -0.385 e. The Bertz CT molecular complexity index is 435. The molecule has 0 aromatic rings. The number of ether oxygens (including phenoxy) is 1. The van der Waals surface area contributed by atoms with Gasteiger partial charge in [0.2, 0.25) is 0 Å². The largest absolute Gasteiger partial charge is 0.385 e. The van der Waals surface area contributed by atoms with E-state index in [1.807, 2.05) is 0 Å². The number of methoxy groups -OCH3 is 1. The average Bonchev–Trinajstić information content (AvgIpc) is 2.71. The monoisotopic (exact) mass is 250 g/mol. The van der Waals surface area contributed by atoms with E-state index < -0.39 is 5.60 Å². The van der Waals surface area contributed by atoms with Gasteiger partial charge in [0.1, 0.15) is 0 Å². The maximum Gasteiger partial charge on any atom is 0.164 e. The molecule has 2 saturated carbocycles. The first kappa shape index (κ1) is 12.4. The van der Waals surface area contributed by atoms with Crippen LogP contribution in [0.3, 0.4) is 0 Å². The van der Waals surface area contributed by atoms with E-state index >= 15 is 0 Å². The van der Waals surface area contributed by atoms with Crippen molar-refractivity contribution < 1.29 is 14.6 Å². The van der Waals surface area contributed by atoms with Crippen LogP contribution in [0.15, 0.2) is 11.1 Å². The lowest BCUT2D eigenvalue weighted by molar-refractivity contribution is -0.117. The molecular weight excluding hydrogens is 228 g/mol. The zero-order valence-corrected chi connectivity index (χ0v) is 11.5. The van der Waals surface area contributed by atoms with Crippen molar-refractivity contribution in [3.05, 3.63) is 11.1 Å². The second-order valence-corrected chi connectivity index (χ2v) is 7.10. The van der Waals surface area contributed by atoms with Crippen LogP contribution in [-0.4, -0.2) is 30.2 Å². The van der Waals surface area contributed by atoms with E-state index in [0.717, 1.165) is 30.4 Å². The number of ketones is 1. The standard InChI is InChI=1S/C15H22O3/c1-14(2)4-9-5-15(17)7-12(16)11(8-18-3)13(15)10(9)6-14/h9-10,17H,4-8H2,1-3H3/t9-,10-,15-/m1/s1. The van der Waals surface area contributed by atoms with Crippen LogP contribution in [0.2, 0.25) is 0 Å². The fourth-order valence-electron chi connectivity index (χ4n) is 4.64. The molecule has 0 spiro atoms. The van der Waals surface area contributed by atoms with E-state index in [1.165, 1.54) is 0 Å². The summed E-state index contributed by atoms with van der Waals surface area (Å²) >= 11 is 0. The summed E-state index contributed by atoms with van der Waals surface area (Å²) < 4.78 is 5.16. The molecule has 0 aliphatic heterocycles. The lowest BCUT2D eigenvalue weighted by atomic mass is 9.84. The smallest absolute Gasteiger partial charge is 0.164 e. The Hall–Kier alpha value is -0.670. The molecule has 3 rings (SSSR count). The molecule has 0 amide bonds. The van der Waals surface area contributed by atoms with Crippen LogP contribution in [0.25, 0.3) is 0 Å². The van der Waals surface area contributed by atoms with Gasteiger partial charge in [-0.1, -0.05) is 13.8 Å². The summed E-state index contributed by atoms with van der Waals surface area (Å²) in [7, 11) is 1.61. The highest BCUT2D eigenvalue weighted by atomic mass is 16.5. The molecular formula is C15H22O3. The Morgan fingerprint density at radius 3 is 2.72 bits per heavy atom. The lowest BCUT2D eigenvalue weighted by Crippen LogP contribution is -2.27.